The van der Waals surface area contributed by atoms with Gasteiger partial charge in [-0.3, -0.25) is 0 Å². The van der Waals surface area contributed by atoms with Gasteiger partial charge in [0.2, 0.25) is 10.0 Å². The van der Waals surface area contributed by atoms with E-state index in [4.69, 9.17) is 9.47 Å². The van der Waals surface area contributed by atoms with Crippen LogP contribution >= 0.6 is 0 Å². The highest BCUT2D eigenvalue weighted by Gasteiger charge is 2.26. The molecule has 47 heavy (non-hydrogen) atoms. The predicted molar refractivity (Wildman–Crippen MR) is 176 cm³/mol. The molecule has 2 aromatic rings. The van der Waals surface area contributed by atoms with Gasteiger partial charge in [0.15, 0.2) is 0 Å². The minimum absolute atomic E-state index is 0.0816. The second-order valence-electron chi connectivity index (χ2n) is 13.4. The van der Waals surface area contributed by atoms with Crippen molar-refractivity contribution in [3.05, 3.63) is 71.3 Å². The first-order valence-corrected chi connectivity index (χ1v) is 17.3. The number of aliphatic hydroxyl groups excluding tert-OH is 1. The number of halogens is 2. The molecule has 0 fully saturated rings. The number of carbonyl (C=O) groups excluding carboxylic acids is 2. The molecule has 14 heteroatoms. The minimum atomic E-state index is -3.93. The zero-order valence-corrected chi connectivity index (χ0v) is 28.9. The number of aliphatic hydroxyl groups is 1. The second kappa shape index (κ2) is 18.3. The van der Waals surface area contributed by atoms with Crippen LogP contribution in [0.5, 0.6) is 0 Å². The van der Waals surface area contributed by atoms with Gasteiger partial charge in [0, 0.05) is 13.1 Å². The monoisotopic (exact) mass is 684 g/mol. The standard InChI is InChI=1S/C33H50F2N4O7S/c1-32(2,3)45-30(41)38-26(20-24-19-25(34)14-15-27(24)35)22-47(43,44)37-17-11-10-16-36-21-29(40)28(18-23-12-8-7-9-13-23)39-31(42)46-33(4,5)6/h7-9,12-15,19,26,28-29,36-37,40H,10-11,16-18,20-22H2,1-6H3,(H,38,41)(H,39,42)/t26?,28-,29-/m1/s1. The van der Waals surface area contributed by atoms with Gasteiger partial charge in [-0.05, 0) is 103 Å². The first kappa shape index (κ1) is 39.8. The molecule has 0 saturated carbocycles. The fourth-order valence-corrected chi connectivity index (χ4v) is 5.82. The van der Waals surface area contributed by atoms with Gasteiger partial charge in [-0.2, -0.15) is 0 Å². The molecule has 2 amide bonds. The normalized spacial score (nSPS) is 14.1. The van der Waals surface area contributed by atoms with E-state index in [1.807, 2.05) is 30.3 Å². The molecule has 11 nitrogen and oxygen atoms in total. The SMILES string of the molecule is CC(C)(C)OC(=O)NC(Cc1cc(F)ccc1F)CS(=O)(=O)NCCCCNC[C@@H](O)[C@@H](Cc1ccccc1)NC(=O)OC(C)(C)C. The van der Waals surface area contributed by atoms with Gasteiger partial charge in [0.05, 0.1) is 23.9 Å². The highest BCUT2D eigenvalue weighted by atomic mass is 32.2. The van der Waals surface area contributed by atoms with Crippen LogP contribution in [0.4, 0.5) is 18.4 Å². The number of amides is 2. The van der Waals surface area contributed by atoms with Crippen molar-refractivity contribution < 1.29 is 41.4 Å². The van der Waals surface area contributed by atoms with E-state index in [1.165, 1.54) is 0 Å². The molecule has 5 N–H and O–H groups in total. The van der Waals surface area contributed by atoms with Gasteiger partial charge in [0.1, 0.15) is 22.8 Å². The van der Waals surface area contributed by atoms with E-state index in [2.05, 4.69) is 20.7 Å². The molecule has 0 bridgehead atoms. The Balaban J connectivity index is 1.86. The summed E-state index contributed by atoms with van der Waals surface area (Å²) in [6.45, 7) is 10.9. The molecule has 0 aliphatic rings. The maximum atomic E-state index is 14.3. The van der Waals surface area contributed by atoms with Crippen molar-refractivity contribution in [3.8, 4) is 0 Å². The van der Waals surface area contributed by atoms with E-state index in [0.717, 1.165) is 23.8 Å². The maximum Gasteiger partial charge on any atom is 0.407 e. The summed E-state index contributed by atoms with van der Waals surface area (Å²) in [6.07, 6.45) is -1.31. The quantitative estimate of drug-likeness (QED) is 0.156. The summed E-state index contributed by atoms with van der Waals surface area (Å²) in [4.78, 5) is 24.8. The summed E-state index contributed by atoms with van der Waals surface area (Å²) >= 11 is 0. The van der Waals surface area contributed by atoms with Crippen molar-refractivity contribution >= 4 is 22.2 Å². The molecule has 2 rings (SSSR count). The van der Waals surface area contributed by atoms with E-state index in [1.54, 1.807) is 41.5 Å². The number of nitrogens with one attached hydrogen (secondary N) is 4. The van der Waals surface area contributed by atoms with Gasteiger partial charge >= 0.3 is 12.2 Å². The first-order valence-electron chi connectivity index (χ1n) is 15.6. The molecule has 2 aromatic carbocycles. The molecular formula is C33H50F2N4O7S. The zero-order chi connectivity index (χ0) is 35.3. The van der Waals surface area contributed by atoms with E-state index in [-0.39, 0.29) is 25.1 Å². The molecule has 0 saturated heterocycles. The number of unbranched alkanes of at least 4 members (excludes halogenated alkanes) is 1. The summed E-state index contributed by atoms with van der Waals surface area (Å²) in [5.74, 6) is -2.00. The number of benzene rings is 2. The molecule has 0 heterocycles. The van der Waals surface area contributed by atoms with E-state index in [9.17, 15) is 31.9 Å². The Bertz CT molecular complexity index is 1380. The van der Waals surface area contributed by atoms with Crippen LogP contribution in [-0.4, -0.2) is 80.5 Å². The van der Waals surface area contributed by atoms with Crippen molar-refractivity contribution in [1.82, 2.24) is 20.7 Å². The molecule has 0 aliphatic carbocycles. The lowest BCUT2D eigenvalue weighted by Crippen LogP contribution is -2.50. The summed E-state index contributed by atoms with van der Waals surface area (Å²) in [6, 6.07) is 10.6. The number of rotatable bonds is 17. The predicted octanol–water partition coefficient (Wildman–Crippen LogP) is 4.19. The van der Waals surface area contributed by atoms with E-state index < -0.39 is 69.0 Å². The average Bonchev–Trinajstić information content (AvgIpc) is 2.92. The molecule has 0 aliphatic heterocycles. The topological polar surface area (TPSA) is 155 Å². The average molecular weight is 685 g/mol. The van der Waals surface area contributed by atoms with Crippen LogP contribution in [0.3, 0.4) is 0 Å². The van der Waals surface area contributed by atoms with Crippen LogP contribution in [0, 0.1) is 11.6 Å². The van der Waals surface area contributed by atoms with Crippen molar-refractivity contribution in [2.24, 2.45) is 0 Å². The third-order valence-corrected chi connectivity index (χ3v) is 8.02. The van der Waals surface area contributed by atoms with Crippen LogP contribution in [0.2, 0.25) is 0 Å². The largest absolute Gasteiger partial charge is 0.444 e. The smallest absolute Gasteiger partial charge is 0.407 e. The first-order chi connectivity index (χ1) is 21.8. The molecular weight excluding hydrogens is 634 g/mol. The van der Waals surface area contributed by atoms with Gasteiger partial charge in [-0.15, -0.1) is 0 Å². The number of carbonyl (C=O) groups is 2. The highest BCUT2D eigenvalue weighted by Crippen LogP contribution is 2.15. The maximum absolute atomic E-state index is 14.3. The van der Waals surface area contributed by atoms with Crippen LogP contribution in [0.15, 0.2) is 48.5 Å². The lowest BCUT2D eigenvalue weighted by atomic mass is 10.0. The number of alkyl carbamates (subject to hydrolysis) is 2. The highest BCUT2D eigenvalue weighted by molar-refractivity contribution is 7.89. The van der Waals surface area contributed by atoms with E-state index in [0.29, 0.717) is 25.8 Å². The second-order valence-corrected chi connectivity index (χ2v) is 15.2. The summed E-state index contributed by atoms with van der Waals surface area (Å²) < 4.78 is 66.8. The van der Waals surface area contributed by atoms with Crippen LogP contribution < -0.4 is 20.7 Å². The Hall–Kier alpha value is -3.33. The van der Waals surface area contributed by atoms with E-state index >= 15 is 0 Å². The van der Waals surface area contributed by atoms with Crippen molar-refractivity contribution in [1.29, 1.82) is 0 Å². The van der Waals surface area contributed by atoms with Crippen molar-refractivity contribution in [2.45, 2.75) is 96.6 Å². The summed E-state index contributed by atoms with van der Waals surface area (Å²) in [5, 5.41) is 19.2. The van der Waals surface area contributed by atoms with Crippen molar-refractivity contribution in [3.63, 3.8) is 0 Å². The van der Waals surface area contributed by atoms with Crippen LogP contribution in [-0.2, 0) is 32.3 Å². The fourth-order valence-electron chi connectivity index (χ4n) is 4.52. The lowest BCUT2D eigenvalue weighted by molar-refractivity contribution is 0.0421. The minimum Gasteiger partial charge on any atom is -0.444 e. The van der Waals surface area contributed by atoms with Crippen LogP contribution in [0.25, 0.3) is 0 Å². The number of ether oxygens (including phenoxy) is 2. The van der Waals surface area contributed by atoms with Crippen LogP contribution in [0.1, 0.15) is 65.5 Å². The van der Waals surface area contributed by atoms with Gasteiger partial charge < -0.3 is 30.5 Å². The zero-order valence-electron chi connectivity index (χ0n) is 28.1. The Morgan fingerprint density at radius 3 is 2.06 bits per heavy atom. The summed E-state index contributed by atoms with van der Waals surface area (Å²) in [7, 11) is -3.93. The number of hydrogen-bond donors (Lipinski definition) is 5. The number of hydrogen-bond acceptors (Lipinski definition) is 8. The molecule has 3 atom stereocenters. The summed E-state index contributed by atoms with van der Waals surface area (Å²) in [5.41, 5.74) is -0.690. The van der Waals surface area contributed by atoms with Gasteiger partial charge in [-0.1, -0.05) is 30.3 Å². The third kappa shape index (κ3) is 17.4. The van der Waals surface area contributed by atoms with Gasteiger partial charge in [-0.25, -0.2) is 31.5 Å². The molecule has 264 valence electrons. The Kier molecular flexibility index (Phi) is 15.5. The number of sulfonamides is 1. The molecule has 0 radical (unpaired) electrons. The molecule has 0 spiro atoms. The van der Waals surface area contributed by atoms with Crippen molar-refractivity contribution in [2.75, 3.05) is 25.4 Å². The lowest BCUT2D eigenvalue weighted by Gasteiger charge is -2.27. The Morgan fingerprint density at radius 1 is 0.851 bits per heavy atom. The Morgan fingerprint density at radius 2 is 1.45 bits per heavy atom. The fraction of sp³-hybridized carbons (Fsp3) is 0.576. The van der Waals surface area contributed by atoms with Gasteiger partial charge in [0.25, 0.3) is 0 Å². The molecule has 1 unspecified atom stereocenters. The molecule has 0 aromatic heterocycles. The Labute approximate surface area is 277 Å². The third-order valence-electron chi connectivity index (χ3n) is 6.54.